The fourth-order valence-electron chi connectivity index (χ4n) is 3.91. The van der Waals surface area contributed by atoms with Gasteiger partial charge in [0.05, 0.1) is 16.5 Å². The standard InChI is InChI=1S/C23H24Cl2N4O3.C2HF3O2/c24-18-9-7-15(11-19(18)25)16(13-22(30)31)12-21-28-20(29-32-21)5-1-4-17-8-6-14-3-2-10-26-23(14)27-17;3-2(4,5)1(6)7/h6-9,11,16H,1-5,10,12-13H2,(H,26,27)(H,30,31);(H,6,7). The van der Waals surface area contributed by atoms with Crippen molar-refractivity contribution in [3.05, 3.63) is 68.9 Å². The molecule has 0 saturated heterocycles. The smallest absolute Gasteiger partial charge is 0.481 e. The maximum atomic E-state index is 11.4. The molecule has 0 spiro atoms. The predicted octanol–water partition coefficient (Wildman–Crippen LogP) is 5.74. The number of pyridine rings is 1. The van der Waals surface area contributed by atoms with Gasteiger partial charge >= 0.3 is 18.1 Å². The highest BCUT2D eigenvalue weighted by Crippen LogP contribution is 2.30. The van der Waals surface area contributed by atoms with Gasteiger partial charge in [-0.15, -0.1) is 0 Å². The van der Waals surface area contributed by atoms with E-state index < -0.39 is 18.1 Å². The Bertz CT molecular complexity index is 1300. The average molecular weight is 589 g/mol. The summed E-state index contributed by atoms with van der Waals surface area (Å²) in [6.45, 7) is 0.972. The van der Waals surface area contributed by atoms with Crippen LogP contribution in [0.1, 0.15) is 53.7 Å². The molecule has 39 heavy (non-hydrogen) atoms. The molecule has 4 rings (SSSR count). The Hall–Kier alpha value is -3.38. The third-order valence-electron chi connectivity index (χ3n) is 5.79. The molecule has 1 unspecified atom stereocenters. The largest absolute Gasteiger partial charge is 0.490 e. The number of anilines is 1. The van der Waals surface area contributed by atoms with Gasteiger partial charge in [0.2, 0.25) is 5.89 Å². The second kappa shape index (κ2) is 13.6. The summed E-state index contributed by atoms with van der Waals surface area (Å²) in [6, 6.07) is 9.37. The van der Waals surface area contributed by atoms with E-state index in [4.69, 9.17) is 42.6 Å². The van der Waals surface area contributed by atoms with Crippen LogP contribution in [0.3, 0.4) is 0 Å². The number of hydrogen-bond acceptors (Lipinski definition) is 7. The summed E-state index contributed by atoms with van der Waals surface area (Å²) >= 11 is 12.1. The number of alkyl halides is 3. The van der Waals surface area contributed by atoms with Crippen LogP contribution in [-0.2, 0) is 35.3 Å². The second-order valence-electron chi connectivity index (χ2n) is 8.77. The number of fused-ring (bicyclic) bond motifs is 1. The van der Waals surface area contributed by atoms with Gasteiger partial charge in [-0.05, 0) is 55.0 Å². The molecule has 210 valence electrons. The van der Waals surface area contributed by atoms with E-state index in [-0.39, 0.29) is 12.3 Å². The van der Waals surface area contributed by atoms with Gasteiger partial charge in [0, 0.05) is 31.0 Å². The molecule has 14 heteroatoms. The zero-order valence-corrected chi connectivity index (χ0v) is 22.0. The first kappa shape index (κ1) is 30.2. The van der Waals surface area contributed by atoms with Crippen molar-refractivity contribution in [1.82, 2.24) is 15.1 Å². The molecule has 1 aromatic carbocycles. The summed E-state index contributed by atoms with van der Waals surface area (Å²) in [5.41, 5.74) is 3.09. The van der Waals surface area contributed by atoms with Crippen LogP contribution in [0.25, 0.3) is 0 Å². The molecule has 1 aliphatic heterocycles. The number of aryl methyl sites for hydroxylation is 3. The molecule has 0 amide bonds. The number of aliphatic carboxylic acids is 2. The monoisotopic (exact) mass is 588 g/mol. The first-order valence-corrected chi connectivity index (χ1v) is 12.7. The lowest BCUT2D eigenvalue weighted by Crippen LogP contribution is -2.21. The van der Waals surface area contributed by atoms with Gasteiger partial charge in [-0.3, -0.25) is 4.79 Å². The van der Waals surface area contributed by atoms with E-state index in [2.05, 4.69) is 27.6 Å². The van der Waals surface area contributed by atoms with E-state index in [1.165, 1.54) is 5.56 Å². The number of carboxylic acids is 2. The van der Waals surface area contributed by atoms with Crippen LogP contribution >= 0.6 is 23.2 Å². The minimum atomic E-state index is -5.08. The van der Waals surface area contributed by atoms with Crippen molar-refractivity contribution < 1.29 is 37.5 Å². The molecule has 0 aliphatic carbocycles. The lowest BCUT2D eigenvalue weighted by atomic mass is 9.92. The lowest BCUT2D eigenvalue weighted by Gasteiger charge is -2.17. The molecule has 0 saturated carbocycles. The first-order valence-electron chi connectivity index (χ1n) is 11.9. The minimum absolute atomic E-state index is 0.0757. The normalized spacial score (nSPS) is 13.5. The fourth-order valence-corrected chi connectivity index (χ4v) is 4.21. The topological polar surface area (TPSA) is 138 Å². The molecule has 1 atom stereocenters. The third-order valence-corrected chi connectivity index (χ3v) is 6.53. The highest BCUT2D eigenvalue weighted by atomic mass is 35.5. The zero-order chi connectivity index (χ0) is 28.6. The summed E-state index contributed by atoms with van der Waals surface area (Å²) in [6.07, 6.45) is -0.298. The SMILES string of the molecule is O=C(O)C(F)(F)F.O=C(O)CC(Cc1nc(CCCc2ccc3c(n2)NCCC3)no1)c1ccc(Cl)c(Cl)c1. The van der Waals surface area contributed by atoms with Crippen LogP contribution in [0, 0.1) is 0 Å². The number of aromatic nitrogens is 3. The van der Waals surface area contributed by atoms with Crippen LogP contribution in [0.2, 0.25) is 10.0 Å². The molecule has 3 N–H and O–H groups in total. The van der Waals surface area contributed by atoms with E-state index in [1.807, 2.05) is 0 Å². The Balaban J connectivity index is 0.000000532. The van der Waals surface area contributed by atoms with E-state index in [9.17, 15) is 23.1 Å². The van der Waals surface area contributed by atoms with E-state index in [1.54, 1.807) is 18.2 Å². The van der Waals surface area contributed by atoms with Gasteiger partial charge in [-0.1, -0.05) is 40.5 Å². The van der Waals surface area contributed by atoms with Crippen molar-refractivity contribution in [3.8, 4) is 0 Å². The van der Waals surface area contributed by atoms with E-state index in [0.29, 0.717) is 34.6 Å². The average Bonchev–Trinajstić information content (AvgIpc) is 3.32. The Morgan fingerprint density at radius 1 is 1.08 bits per heavy atom. The quantitative estimate of drug-likeness (QED) is 0.285. The molecule has 0 fully saturated rings. The Kier molecular flexibility index (Phi) is 10.5. The number of benzene rings is 1. The number of nitrogens with zero attached hydrogens (tertiary/aromatic N) is 3. The maximum absolute atomic E-state index is 11.4. The van der Waals surface area contributed by atoms with Crippen LogP contribution in [0.5, 0.6) is 0 Å². The number of carboxylic acid groups (broad SMARTS) is 2. The van der Waals surface area contributed by atoms with Crippen LogP contribution < -0.4 is 5.32 Å². The number of halogens is 5. The predicted molar refractivity (Wildman–Crippen MR) is 136 cm³/mol. The molecule has 0 radical (unpaired) electrons. The summed E-state index contributed by atoms with van der Waals surface area (Å²) in [7, 11) is 0. The molecule has 9 nitrogen and oxygen atoms in total. The van der Waals surface area contributed by atoms with Crippen molar-refractivity contribution in [3.63, 3.8) is 0 Å². The Morgan fingerprint density at radius 3 is 2.49 bits per heavy atom. The van der Waals surface area contributed by atoms with Crippen molar-refractivity contribution in [2.24, 2.45) is 0 Å². The van der Waals surface area contributed by atoms with Crippen LogP contribution in [0.4, 0.5) is 19.0 Å². The number of rotatable bonds is 9. The van der Waals surface area contributed by atoms with Gasteiger partial charge in [0.25, 0.3) is 0 Å². The van der Waals surface area contributed by atoms with Crippen molar-refractivity contribution in [2.75, 3.05) is 11.9 Å². The first-order chi connectivity index (χ1) is 18.4. The van der Waals surface area contributed by atoms with E-state index in [0.717, 1.165) is 49.3 Å². The third kappa shape index (κ3) is 9.39. The molecule has 3 aromatic rings. The number of carbonyl (C=O) groups is 2. The Morgan fingerprint density at radius 2 is 1.82 bits per heavy atom. The van der Waals surface area contributed by atoms with Crippen LogP contribution in [-0.4, -0.2) is 50.0 Å². The van der Waals surface area contributed by atoms with Gasteiger partial charge < -0.3 is 20.1 Å². The van der Waals surface area contributed by atoms with Crippen molar-refractivity contribution >= 4 is 41.0 Å². The Labute approximate surface area is 231 Å². The van der Waals surface area contributed by atoms with Gasteiger partial charge in [-0.2, -0.15) is 18.2 Å². The summed E-state index contributed by atoms with van der Waals surface area (Å²) in [5.74, 6) is -1.99. The van der Waals surface area contributed by atoms with Gasteiger partial charge in [0.1, 0.15) is 5.82 Å². The van der Waals surface area contributed by atoms with Crippen molar-refractivity contribution in [1.29, 1.82) is 0 Å². The highest BCUT2D eigenvalue weighted by Gasteiger charge is 2.38. The zero-order valence-electron chi connectivity index (χ0n) is 20.5. The molecule has 1 aliphatic rings. The summed E-state index contributed by atoms with van der Waals surface area (Å²) in [5, 5.41) is 24.7. The summed E-state index contributed by atoms with van der Waals surface area (Å²) in [4.78, 5) is 29.4. The lowest BCUT2D eigenvalue weighted by molar-refractivity contribution is -0.192. The summed E-state index contributed by atoms with van der Waals surface area (Å²) < 4.78 is 37.1. The highest BCUT2D eigenvalue weighted by molar-refractivity contribution is 6.42. The number of hydrogen-bond donors (Lipinski definition) is 3. The molecule has 2 aromatic heterocycles. The second-order valence-corrected chi connectivity index (χ2v) is 9.59. The van der Waals surface area contributed by atoms with Crippen molar-refractivity contribution in [2.45, 2.75) is 57.0 Å². The van der Waals surface area contributed by atoms with Gasteiger partial charge in [-0.25, -0.2) is 9.78 Å². The van der Waals surface area contributed by atoms with E-state index >= 15 is 0 Å². The molecular formula is C25H25Cl2F3N4O5. The van der Waals surface area contributed by atoms with Crippen LogP contribution in [0.15, 0.2) is 34.9 Å². The molecular weight excluding hydrogens is 564 g/mol. The minimum Gasteiger partial charge on any atom is -0.481 e. The molecule has 0 bridgehead atoms. The molecule has 3 heterocycles. The van der Waals surface area contributed by atoms with Gasteiger partial charge in [0.15, 0.2) is 5.82 Å². The number of nitrogens with one attached hydrogen (secondary N) is 1. The maximum Gasteiger partial charge on any atom is 0.490 e. The fraction of sp³-hybridized carbons (Fsp3) is 0.400.